The summed E-state index contributed by atoms with van der Waals surface area (Å²) in [7, 11) is 0. The number of nitrogens with zero attached hydrogens (tertiary/aromatic N) is 2. The molecule has 16 heavy (non-hydrogen) atoms. The van der Waals surface area contributed by atoms with E-state index in [1.165, 1.54) is 0 Å². The molecule has 3 heteroatoms. The van der Waals surface area contributed by atoms with E-state index >= 15 is 0 Å². The Labute approximate surface area is 97.7 Å². The van der Waals surface area contributed by atoms with Crippen LogP contribution < -0.4 is 5.73 Å². The molecule has 0 fully saturated rings. The maximum Gasteiger partial charge on any atom is 0.220 e. The molecule has 0 spiro atoms. The Hall–Kier alpha value is -1.64. The predicted molar refractivity (Wildman–Crippen MR) is 71.4 cm³/mol. The number of benzene rings is 1. The Bertz CT molecular complexity index is 424. The number of hydrogen-bond donors (Lipinski definition) is 1. The highest BCUT2D eigenvalue weighted by Gasteiger charge is 1.99. The molecule has 1 aromatic carbocycles. The fraction of sp³-hybridized carbons (Fsp3) is 0.385. The lowest BCUT2D eigenvalue weighted by Crippen LogP contribution is -1.97. The van der Waals surface area contributed by atoms with Crippen molar-refractivity contribution < 1.29 is 0 Å². The number of hydrogen-bond acceptors (Lipinski definition) is 3. The summed E-state index contributed by atoms with van der Waals surface area (Å²) in [5, 5.41) is 1.06. The highest BCUT2D eigenvalue weighted by atomic mass is 15.0. The van der Waals surface area contributed by atoms with Crippen LogP contribution in [0.15, 0.2) is 24.3 Å². The van der Waals surface area contributed by atoms with E-state index in [2.05, 4.69) is 9.97 Å². The molecular weight excluding hydrogens is 198 g/mol. The van der Waals surface area contributed by atoms with Crippen molar-refractivity contribution in [2.75, 3.05) is 5.73 Å². The van der Waals surface area contributed by atoms with Crippen molar-refractivity contribution in [3.63, 3.8) is 0 Å². The SMILES string of the molecule is CC.CC.Cc1nc(N)nc2ccccc12. The van der Waals surface area contributed by atoms with Gasteiger partial charge in [-0.15, -0.1) is 0 Å². The van der Waals surface area contributed by atoms with Crippen molar-refractivity contribution in [1.82, 2.24) is 9.97 Å². The van der Waals surface area contributed by atoms with E-state index in [9.17, 15) is 0 Å². The van der Waals surface area contributed by atoms with Crippen LogP contribution in [0, 0.1) is 6.92 Å². The maximum atomic E-state index is 5.50. The predicted octanol–water partition coefficient (Wildman–Crippen LogP) is 3.57. The summed E-state index contributed by atoms with van der Waals surface area (Å²) in [6.45, 7) is 9.93. The molecule has 0 aliphatic heterocycles. The quantitative estimate of drug-likeness (QED) is 0.737. The number of nitrogens with two attached hydrogens (primary N) is 1. The van der Waals surface area contributed by atoms with Crippen LogP contribution in [0.5, 0.6) is 0 Å². The molecule has 1 heterocycles. The molecule has 0 unspecified atom stereocenters. The third-order valence-corrected chi connectivity index (χ3v) is 1.81. The average Bonchev–Trinajstić information content (AvgIpc) is 2.34. The second-order valence-electron chi connectivity index (χ2n) is 2.68. The van der Waals surface area contributed by atoms with Gasteiger partial charge in [-0.3, -0.25) is 0 Å². The standard InChI is InChI=1S/C9H9N3.2C2H6/c1-6-7-4-2-3-5-8(7)12-9(10)11-6;2*1-2/h2-5H,1H3,(H2,10,11,12);2*1-2H3. The van der Waals surface area contributed by atoms with Crippen LogP contribution in [0.4, 0.5) is 5.95 Å². The molecule has 1 aromatic heterocycles. The van der Waals surface area contributed by atoms with E-state index in [1.807, 2.05) is 58.9 Å². The fourth-order valence-corrected chi connectivity index (χ4v) is 1.26. The first-order chi connectivity index (χ1) is 7.77. The van der Waals surface area contributed by atoms with Gasteiger partial charge in [0.25, 0.3) is 0 Å². The average molecular weight is 219 g/mol. The monoisotopic (exact) mass is 219 g/mol. The first kappa shape index (κ1) is 14.4. The normalized spacial score (nSPS) is 8.56. The fourth-order valence-electron chi connectivity index (χ4n) is 1.26. The minimum Gasteiger partial charge on any atom is -0.368 e. The van der Waals surface area contributed by atoms with Crippen LogP contribution >= 0.6 is 0 Å². The van der Waals surface area contributed by atoms with E-state index in [1.54, 1.807) is 0 Å². The Morgan fingerprint density at radius 2 is 1.50 bits per heavy atom. The van der Waals surface area contributed by atoms with Gasteiger partial charge in [0.05, 0.1) is 11.2 Å². The molecule has 0 saturated carbocycles. The second kappa shape index (κ2) is 7.63. The Kier molecular flexibility index (Phi) is 6.84. The maximum absolute atomic E-state index is 5.50. The van der Waals surface area contributed by atoms with Crippen molar-refractivity contribution in [2.24, 2.45) is 0 Å². The summed E-state index contributed by atoms with van der Waals surface area (Å²) in [5.74, 6) is 0.339. The van der Waals surface area contributed by atoms with Gasteiger partial charge >= 0.3 is 0 Å². The summed E-state index contributed by atoms with van der Waals surface area (Å²) in [6, 6.07) is 7.83. The molecule has 0 amide bonds. The minimum absolute atomic E-state index is 0.339. The number of fused-ring (bicyclic) bond motifs is 1. The van der Waals surface area contributed by atoms with Crippen molar-refractivity contribution in [2.45, 2.75) is 34.6 Å². The third kappa shape index (κ3) is 3.50. The van der Waals surface area contributed by atoms with Gasteiger partial charge in [0, 0.05) is 5.39 Å². The van der Waals surface area contributed by atoms with Crippen molar-refractivity contribution >= 4 is 16.9 Å². The molecule has 3 nitrogen and oxygen atoms in total. The Morgan fingerprint density at radius 1 is 0.938 bits per heavy atom. The first-order valence-electron chi connectivity index (χ1n) is 5.76. The van der Waals surface area contributed by atoms with Gasteiger partial charge in [0.1, 0.15) is 0 Å². The highest BCUT2D eigenvalue weighted by molar-refractivity contribution is 5.81. The molecule has 2 N–H and O–H groups in total. The molecule has 0 aliphatic carbocycles. The van der Waals surface area contributed by atoms with Crippen LogP contribution in [-0.4, -0.2) is 9.97 Å². The molecule has 2 aromatic rings. The van der Waals surface area contributed by atoms with Gasteiger partial charge < -0.3 is 5.73 Å². The van der Waals surface area contributed by atoms with Crippen LogP contribution in [0.2, 0.25) is 0 Å². The number of rotatable bonds is 0. The number of para-hydroxylation sites is 1. The summed E-state index contributed by atoms with van der Waals surface area (Å²) < 4.78 is 0. The molecule has 2 rings (SSSR count). The van der Waals surface area contributed by atoms with Gasteiger partial charge in [0.2, 0.25) is 5.95 Å². The van der Waals surface area contributed by atoms with Gasteiger partial charge in [-0.2, -0.15) is 0 Å². The highest BCUT2D eigenvalue weighted by Crippen LogP contribution is 2.14. The number of anilines is 1. The van der Waals surface area contributed by atoms with Crippen LogP contribution in [0.25, 0.3) is 10.9 Å². The molecule has 0 aliphatic rings. The lowest BCUT2D eigenvalue weighted by molar-refractivity contribution is 1.17. The number of aromatic nitrogens is 2. The zero-order valence-electron chi connectivity index (χ0n) is 10.8. The van der Waals surface area contributed by atoms with Crippen LogP contribution in [0.1, 0.15) is 33.4 Å². The molecular formula is C13H21N3. The summed E-state index contributed by atoms with van der Waals surface area (Å²) in [4.78, 5) is 8.17. The first-order valence-corrected chi connectivity index (χ1v) is 5.76. The smallest absolute Gasteiger partial charge is 0.220 e. The van der Waals surface area contributed by atoms with Gasteiger partial charge in [0.15, 0.2) is 0 Å². The lowest BCUT2D eigenvalue weighted by atomic mass is 10.2. The number of nitrogen functional groups attached to an aromatic ring is 1. The molecule has 0 bridgehead atoms. The van der Waals surface area contributed by atoms with Gasteiger partial charge in [-0.05, 0) is 13.0 Å². The zero-order valence-corrected chi connectivity index (χ0v) is 10.8. The van der Waals surface area contributed by atoms with Gasteiger partial charge in [-0.25, -0.2) is 9.97 Å². The molecule has 0 saturated heterocycles. The summed E-state index contributed by atoms with van der Waals surface area (Å²) >= 11 is 0. The summed E-state index contributed by atoms with van der Waals surface area (Å²) in [5.41, 5.74) is 7.34. The minimum atomic E-state index is 0.339. The molecule has 0 radical (unpaired) electrons. The van der Waals surface area contributed by atoms with Gasteiger partial charge in [-0.1, -0.05) is 45.9 Å². The van der Waals surface area contributed by atoms with Crippen LogP contribution in [-0.2, 0) is 0 Å². The summed E-state index contributed by atoms with van der Waals surface area (Å²) in [6.07, 6.45) is 0. The topological polar surface area (TPSA) is 51.8 Å². The van der Waals surface area contributed by atoms with Crippen molar-refractivity contribution in [3.8, 4) is 0 Å². The Morgan fingerprint density at radius 3 is 2.12 bits per heavy atom. The van der Waals surface area contributed by atoms with E-state index < -0.39 is 0 Å². The van der Waals surface area contributed by atoms with E-state index in [-0.39, 0.29) is 0 Å². The van der Waals surface area contributed by atoms with E-state index in [4.69, 9.17) is 5.73 Å². The lowest BCUT2D eigenvalue weighted by Gasteiger charge is -2.00. The van der Waals surface area contributed by atoms with Crippen molar-refractivity contribution in [1.29, 1.82) is 0 Å². The number of aryl methyl sites for hydroxylation is 1. The van der Waals surface area contributed by atoms with E-state index in [0.717, 1.165) is 16.6 Å². The largest absolute Gasteiger partial charge is 0.368 e. The van der Waals surface area contributed by atoms with E-state index in [0.29, 0.717) is 5.95 Å². The Balaban J connectivity index is 0.000000509. The zero-order chi connectivity index (χ0) is 12.6. The third-order valence-electron chi connectivity index (χ3n) is 1.81. The van der Waals surface area contributed by atoms with Crippen molar-refractivity contribution in [3.05, 3.63) is 30.0 Å². The van der Waals surface area contributed by atoms with Crippen LogP contribution in [0.3, 0.4) is 0 Å². The second-order valence-corrected chi connectivity index (χ2v) is 2.68. The molecule has 88 valence electrons. The molecule has 0 atom stereocenters.